The monoisotopic (exact) mass is 265 g/mol. The molecule has 0 saturated heterocycles. The van der Waals surface area contributed by atoms with Crippen LogP contribution in [0.15, 0.2) is 33.9 Å². The van der Waals surface area contributed by atoms with Crippen molar-refractivity contribution in [2.75, 3.05) is 0 Å². The van der Waals surface area contributed by atoms with Gasteiger partial charge in [0.15, 0.2) is 5.82 Å². The maximum Gasteiger partial charge on any atom is 0.181 e. The highest BCUT2D eigenvalue weighted by Crippen LogP contribution is 2.21. The minimum absolute atomic E-state index is 0.477. The van der Waals surface area contributed by atoms with Crippen molar-refractivity contribution in [1.29, 1.82) is 0 Å². The molecule has 0 aliphatic heterocycles. The van der Waals surface area contributed by atoms with Crippen LogP contribution < -0.4 is 0 Å². The van der Waals surface area contributed by atoms with Crippen LogP contribution >= 0.6 is 28.1 Å². The zero-order valence-electron chi connectivity index (χ0n) is 6.94. The van der Waals surface area contributed by atoms with Gasteiger partial charge < -0.3 is 0 Å². The summed E-state index contributed by atoms with van der Waals surface area (Å²) >= 11 is 7.88. The fourth-order valence-corrected chi connectivity index (χ4v) is 1.65. The molecule has 1 heterocycles. The Hall–Kier alpha value is -1.16. The van der Waals surface area contributed by atoms with Gasteiger partial charge in [-0.3, -0.25) is 0 Å². The molecule has 0 aliphatic rings. The molecule has 0 atom stereocenters. The lowest BCUT2D eigenvalue weighted by Crippen LogP contribution is -1.83. The molecule has 5 heteroatoms. The number of benzene rings is 1. The summed E-state index contributed by atoms with van der Waals surface area (Å²) in [5.41, 5.74) is 1.60. The van der Waals surface area contributed by atoms with Gasteiger partial charge in [0.2, 0.25) is 0 Å². The van der Waals surface area contributed by atoms with Gasteiger partial charge in [-0.15, -0.1) is 0 Å². The Morgan fingerprint density at radius 3 is 3.07 bits per heavy atom. The number of fused-ring (bicyclic) bond motifs is 1. The molecule has 14 heavy (non-hydrogen) atoms. The highest BCUT2D eigenvalue weighted by Gasteiger charge is 2.01. The third-order valence-corrected chi connectivity index (χ3v) is 2.40. The van der Waals surface area contributed by atoms with Crippen LogP contribution in [-0.2, 0) is 0 Å². The van der Waals surface area contributed by atoms with E-state index in [1.807, 2.05) is 18.2 Å². The van der Waals surface area contributed by atoms with Crippen molar-refractivity contribution in [3.8, 4) is 0 Å². The van der Waals surface area contributed by atoms with E-state index in [1.54, 1.807) is 6.20 Å². The number of halogens is 1. The molecule has 3 nitrogen and oxygen atoms in total. The normalized spacial score (nSPS) is 9.79. The average Bonchev–Trinajstić information content (AvgIpc) is 2.18. The quantitative estimate of drug-likeness (QED) is 0.588. The smallest absolute Gasteiger partial charge is 0.181 e. The number of thiocarbonyl (C=S) groups is 1. The van der Waals surface area contributed by atoms with Crippen molar-refractivity contribution >= 4 is 50.2 Å². The number of para-hydroxylation sites is 1. The van der Waals surface area contributed by atoms with Crippen molar-refractivity contribution in [2.45, 2.75) is 0 Å². The van der Waals surface area contributed by atoms with Gasteiger partial charge in [-0.05, 0) is 40.3 Å². The fraction of sp³-hybridized carbons (Fsp3) is 0. The summed E-state index contributed by atoms with van der Waals surface area (Å²) < 4.78 is 0.917. The molecule has 2 aromatic rings. The summed E-state index contributed by atoms with van der Waals surface area (Å²) in [6.07, 6.45) is 1.56. The number of aromatic nitrogens is 2. The molecular weight excluding hydrogens is 262 g/mol. The predicted molar refractivity (Wildman–Crippen MR) is 61.9 cm³/mol. The van der Waals surface area contributed by atoms with Crippen LogP contribution in [0.4, 0.5) is 5.82 Å². The molecule has 0 radical (unpaired) electrons. The van der Waals surface area contributed by atoms with E-state index >= 15 is 0 Å². The zero-order chi connectivity index (χ0) is 9.97. The number of nitrogens with zero attached hydrogens (tertiary/aromatic N) is 3. The Labute approximate surface area is 94.0 Å². The topological polar surface area (TPSA) is 38.1 Å². The molecule has 68 valence electrons. The van der Waals surface area contributed by atoms with Crippen molar-refractivity contribution in [3.05, 3.63) is 28.9 Å². The summed E-state index contributed by atoms with van der Waals surface area (Å²) in [5, 5.41) is 2.26. The Morgan fingerprint density at radius 1 is 1.43 bits per heavy atom. The molecule has 1 aromatic carbocycles. The number of hydrogen-bond donors (Lipinski definition) is 0. The lowest BCUT2D eigenvalue weighted by molar-refractivity contribution is 1.25. The second-order valence-electron chi connectivity index (χ2n) is 2.54. The van der Waals surface area contributed by atoms with Crippen LogP contribution in [0.1, 0.15) is 0 Å². The van der Waals surface area contributed by atoms with Crippen molar-refractivity contribution in [1.82, 2.24) is 9.97 Å². The van der Waals surface area contributed by atoms with Crippen LogP contribution in [0.2, 0.25) is 0 Å². The molecule has 0 spiro atoms. The van der Waals surface area contributed by atoms with E-state index in [1.165, 1.54) is 0 Å². The van der Waals surface area contributed by atoms with Crippen LogP contribution in [0.25, 0.3) is 11.0 Å². The first-order valence-electron chi connectivity index (χ1n) is 3.80. The third kappa shape index (κ3) is 1.70. The number of isothiocyanates is 1. The second kappa shape index (κ2) is 3.92. The molecule has 0 N–H and O–H groups in total. The Bertz CT molecular complexity index is 535. The first-order valence-corrected chi connectivity index (χ1v) is 5.00. The molecule has 2 rings (SSSR count). The van der Waals surface area contributed by atoms with Crippen LogP contribution in [0.3, 0.4) is 0 Å². The van der Waals surface area contributed by atoms with Gasteiger partial charge >= 0.3 is 0 Å². The van der Waals surface area contributed by atoms with Gasteiger partial charge in [0, 0.05) is 4.47 Å². The summed E-state index contributed by atoms with van der Waals surface area (Å²) in [5.74, 6) is 0.477. The zero-order valence-corrected chi connectivity index (χ0v) is 9.34. The largest absolute Gasteiger partial charge is 0.249 e. The van der Waals surface area contributed by atoms with Crippen LogP contribution in [0.5, 0.6) is 0 Å². The number of aliphatic imine (C=N–C) groups is 1. The summed E-state index contributed by atoms with van der Waals surface area (Å²) in [6, 6.07) is 5.68. The highest BCUT2D eigenvalue weighted by atomic mass is 79.9. The molecule has 0 aliphatic carbocycles. The molecule has 0 unspecified atom stereocenters. The number of hydrogen-bond acceptors (Lipinski definition) is 4. The molecule has 0 amide bonds. The standard InChI is InChI=1S/C9H4BrN3S/c10-6-2-1-3-7-9(6)11-4-8(13-7)12-5-14/h1-4H. The van der Waals surface area contributed by atoms with E-state index < -0.39 is 0 Å². The SMILES string of the molecule is S=C=Nc1cnc2c(Br)cccc2n1. The van der Waals surface area contributed by atoms with Crippen molar-refractivity contribution in [3.63, 3.8) is 0 Å². The molecular formula is C9H4BrN3S. The van der Waals surface area contributed by atoms with Gasteiger partial charge in [-0.25, -0.2) is 9.97 Å². The van der Waals surface area contributed by atoms with Crippen LogP contribution in [-0.4, -0.2) is 15.1 Å². The van der Waals surface area contributed by atoms with Gasteiger partial charge in [0.05, 0.1) is 16.9 Å². The van der Waals surface area contributed by atoms with E-state index in [2.05, 4.69) is 48.3 Å². The lowest BCUT2D eigenvalue weighted by atomic mass is 10.3. The minimum Gasteiger partial charge on any atom is -0.249 e. The second-order valence-corrected chi connectivity index (χ2v) is 3.58. The number of rotatable bonds is 1. The predicted octanol–water partition coefficient (Wildman–Crippen LogP) is 3.13. The fourth-order valence-electron chi connectivity index (χ4n) is 1.10. The lowest BCUT2D eigenvalue weighted by Gasteiger charge is -1.98. The van der Waals surface area contributed by atoms with E-state index in [4.69, 9.17) is 0 Å². The third-order valence-electron chi connectivity index (χ3n) is 1.67. The Morgan fingerprint density at radius 2 is 2.29 bits per heavy atom. The van der Waals surface area contributed by atoms with Crippen molar-refractivity contribution in [2.24, 2.45) is 4.99 Å². The van der Waals surface area contributed by atoms with E-state index in [0.29, 0.717) is 5.82 Å². The van der Waals surface area contributed by atoms with Crippen LogP contribution in [0, 0.1) is 0 Å². The van der Waals surface area contributed by atoms with Gasteiger partial charge in [0.25, 0.3) is 0 Å². The first kappa shape index (κ1) is 9.40. The minimum atomic E-state index is 0.477. The summed E-state index contributed by atoms with van der Waals surface area (Å²) in [6.45, 7) is 0. The Kier molecular flexibility index (Phi) is 2.63. The van der Waals surface area contributed by atoms with E-state index in [-0.39, 0.29) is 0 Å². The maximum atomic E-state index is 4.49. The summed E-state index contributed by atoms with van der Waals surface area (Å²) in [4.78, 5) is 12.2. The highest BCUT2D eigenvalue weighted by molar-refractivity contribution is 9.10. The van der Waals surface area contributed by atoms with Crippen molar-refractivity contribution < 1.29 is 0 Å². The van der Waals surface area contributed by atoms with Gasteiger partial charge in [-0.1, -0.05) is 6.07 Å². The van der Waals surface area contributed by atoms with E-state index in [9.17, 15) is 0 Å². The van der Waals surface area contributed by atoms with Gasteiger partial charge in [0.1, 0.15) is 5.52 Å². The molecule has 0 saturated carbocycles. The molecule has 1 aromatic heterocycles. The van der Waals surface area contributed by atoms with E-state index in [0.717, 1.165) is 15.5 Å². The molecule has 0 bridgehead atoms. The maximum absolute atomic E-state index is 4.49. The molecule has 0 fully saturated rings. The Balaban J connectivity index is 2.73. The average molecular weight is 266 g/mol. The van der Waals surface area contributed by atoms with Gasteiger partial charge in [-0.2, -0.15) is 4.99 Å². The first-order chi connectivity index (χ1) is 6.81. The summed E-state index contributed by atoms with van der Waals surface area (Å²) in [7, 11) is 0.